The lowest BCUT2D eigenvalue weighted by Crippen LogP contribution is -2.37. The first-order valence-corrected chi connectivity index (χ1v) is 7.55. The minimum Gasteiger partial charge on any atom is -0.398 e. The summed E-state index contributed by atoms with van der Waals surface area (Å²) in [6.07, 6.45) is 4.40. The Kier molecular flexibility index (Phi) is 4.28. The van der Waals surface area contributed by atoms with Crippen LogP contribution in [0.25, 0.3) is 0 Å². The van der Waals surface area contributed by atoms with Crippen LogP contribution in [0.3, 0.4) is 0 Å². The molecule has 3 N–H and O–H groups in total. The molecule has 1 aliphatic carbocycles. The number of aryl methyl sites for hydroxylation is 1. The predicted octanol–water partition coefficient (Wildman–Crippen LogP) is 4.39. The number of halogens is 1. The summed E-state index contributed by atoms with van der Waals surface area (Å²) in [6.45, 7) is 6.28. The summed E-state index contributed by atoms with van der Waals surface area (Å²) >= 11 is 6.03. The zero-order valence-corrected chi connectivity index (χ0v) is 13.2. The summed E-state index contributed by atoms with van der Waals surface area (Å²) in [5.41, 5.74) is 8.07. The Bertz CT molecular complexity index is 525. The lowest BCUT2D eigenvalue weighted by Gasteiger charge is -2.37. The fourth-order valence-electron chi connectivity index (χ4n) is 3.04. The number of benzene rings is 1. The van der Waals surface area contributed by atoms with Crippen LogP contribution in [0.1, 0.15) is 45.1 Å². The Balaban J connectivity index is 2.17. The first kappa shape index (κ1) is 15.2. The van der Waals surface area contributed by atoms with Crippen LogP contribution in [0.5, 0.6) is 0 Å². The molecule has 4 heteroatoms. The number of anilines is 2. The van der Waals surface area contributed by atoms with Crippen LogP contribution in [0.2, 0.25) is 5.02 Å². The highest BCUT2D eigenvalue weighted by atomic mass is 35.5. The van der Waals surface area contributed by atoms with Gasteiger partial charge in [-0.3, -0.25) is 4.79 Å². The SMILES string of the molecule is Cc1cc(N)c(Cl)cc1NC(=O)C1CCCCC1(C)C. The maximum absolute atomic E-state index is 12.5. The normalized spacial score (nSPS) is 21.5. The molecule has 0 aliphatic heterocycles. The number of rotatable bonds is 2. The van der Waals surface area contributed by atoms with Crippen molar-refractivity contribution in [2.45, 2.75) is 46.5 Å². The lowest BCUT2D eigenvalue weighted by atomic mass is 9.68. The lowest BCUT2D eigenvalue weighted by molar-refractivity contribution is -0.124. The summed E-state index contributed by atoms with van der Waals surface area (Å²) in [5.74, 6) is 0.158. The number of hydrogen-bond acceptors (Lipinski definition) is 2. The highest BCUT2D eigenvalue weighted by Crippen LogP contribution is 2.41. The number of nitrogens with two attached hydrogens (primary N) is 1. The number of carbonyl (C=O) groups is 1. The van der Waals surface area contributed by atoms with Crippen LogP contribution >= 0.6 is 11.6 Å². The molecule has 1 amide bonds. The van der Waals surface area contributed by atoms with Crippen LogP contribution in [0.4, 0.5) is 11.4 Å². The minimum absolute atomic E-state index is 0.0620. The Hall–Kier alpha value is -1.22. The van der Waals surface area contributed by atoms with E-state index in [-0.39, 0.29) is 17.2 Å². The van der Waals surface area contributed by atoms with Gasteiger partial charge in [-0.05, 0) is 42.9 Å². The van der Waals surface area contributed by atoms with Crippen LogP contribution in [-0.2, 0) is 4.79 Å². The molecule has 0 heterocycles. The Morgan fingerprint density at radius 3 is 2.75 bits per heavy atom. The molecule has 110 valence electrons. The third kappa shape index (κ3) is 3.09. The predicted molar refractivity (Wildman–Crippen MR) is 85.0 cm³/mol. The van der Waals surface area contributed by atoms with Gasteiger partial charge in [-0.15, -0.1) is 0 Å². The topological polar surface area (TPSA) is 55.1 Å². The molecule has 2 rings (SSSR count). The molecule has 1 aliphatic rings. The quantitative estimate of drug-likeness (QED) is 0.795. The summed E-state index contributed by atoms with van der Waals surface area (Å²) < 4.78 is 0. The molecule has 20 heavy (non-hydrogen) atoms. The van der Waals surface area contributed by atoms with Gasteiger partial charge in [0.2, 0.25) is 5.91 Å². The second-order valence-electron chi connectivity index (χ2n) is 6.46. The van der Waals surface area contributed by atoms with E-state index in [1.54, 1.807) is 12.1 Å². The van der Waals surface area contributed by atoms with E-state index in [9.17, 15) is 4.79 Å². The first-order valence-electron chi connectivity index (χ1n) is 7.18. The molecule has 1 atom stereocenters. The second-order valence-corrected chi connectivity index (χ2v) is 6.87. The van der Waals surface area contributed by atoms with Crippen molar-refractivity contribution < 1.29 is 4.79 Å². The van der Waals surface area contributed by atoms with Gasteiger partial charge in [0.15, 0.2) is 0 Å². The van der Waals surface area contributed by atoms with E-state index in [0.29, 0.717) is 10.7 Å². The van der Waals surface area contributed by atoms with E-state index in [1.807, 2.05) is 6.92 Å². The van der Waals surface area contributed by atoms with Gasteiger partial charge in [-0.2, -0.15) is 0 Å². The van der Waals surface area contributed by atoms with Crippen molar-refractivity contribution in [2.75, 3.05) is 11.1 Å². The molecule has 0 aromatic heterocycles. The monoisotopic (exact) mass is 294 g/mol. The standard InChI is InChI=1S/C16H23ClN2O/c1-10-8-13(18)12(17)9-14(10)19-15(20)11-6-4-5-7-16(11,2)3/h8-9,11H,4-7,18H2,1-3H3,(H,19,20). The number of carbonyl (C=O) groups excluding carboxylic acids is 1. The maximum Gasteiger partial charge on any atom is 0.228 e. The Morgan fingerprint density at radius 1 is 1.40 bits per heavy atom. The van der Waals surface area contributed by atoms with Gasteiger partial charge in [0.25, 0.3) is 0 Å². The van der Waals surface area contributed by atoms with Gasteiger partial charge in [0, 0.05) is 11.6 Å². The smallest absolute Gasteiger partial charge is 0.228 e. The molecule has 1 fully saturated rings. The van der Waals surface area contributed by atoms with Crippen molar-refractivity contribution in [1.82, 2.24) is 0 Å². The van der Waals surface area contributed by atoms with Crippen molar-refractivity contribution in [2.24, 2.45) is 11.3 Å². The molecular weight excluding hydrogens is 272 g/mol. The highest BCUT2D eigenvalue weighted by Gasteiger charge is 2.37. The molecular formula is C16H23ClN2O. The molecule has 1 aromatic carbocycles. The average molecular weight is 295 g/mol. The van der Waals surface area contributed by atoms with E-state index in [1.165, 1.54) is 6.42 Å². The maximum atomic E-state index is 12.5. The van der Waals surface area contributed by atoms with E-state index < -0.39 is 0 Å². The van der Waals surface area contributed by atoms with E-state index in [4.69, 9.17) is 17.3 Å². The molecule has 1 aromatic rings. The molecule has 0 bridgehead atoms. The number of nitrogens with one attached hydrogen (secondary N) is 1. The van der Waals surface area contributed by atoms with Crippen molar-refractivity contribution in [3.05, 3.63) is 22.7 Å². The van der Waals surface area contributed by atoms with Gasteiger partial charge in [0.05, 0.1) is 10.7 Å². The average Bonchev–Trinajstić information content (AvgIpc) is 2.35. The first-order chi connectivity index (χ1) is 9.31. The van der Waals surface area contributed by atoms with E-state index in [0.717, 1.165) is 30.5 Å². The number of hydrogen-bond donors (Lipinski definition) is 2. The van der Waals surface area contributed by atoms with E-state index in [2.05, 4.69) is 19.2 Å². The Labute approximate surface area is 125 Å². The molecule has 1 unspecified atom stereocenters. The van der Waals surface area contributed by atoms with Gasteiger partial charge < -0.3 is 11.1 Å². The fraction of sp³-hybridized carbons (Fsp3) is 0.562. The van der Waals surface area contributed by atoms with Crippen LogP contribution < -0.4 is 11.1 Å². The largest absolute Gasteiger partial charge is 0.398 e. The molecule has 0 radical (unpaired) electrons. The van der Waals surface area contributed by atoms with Crippen molar-refractivity contribution in [3.8, 4) is 0 Å². The minimum atomic E-state index is 0.0620. The van der Waals surface area contributed by atoms with Crippen molar-refractivity contribution in [3.63, 3.8) is 0 Å². The zero-order valence-electron chi connectivity index (χ0n) is 12.4. The summed E-state index contributed by atoms with van der Waals surface area (Å²) in [6, 6.07) is 3.53. The molecule has 0 saturated heterocycles. The van der Waals surface area contributed by atoms with Crippen LogP contribution in [-0.4, -0.2) is 5.91 Å². The zero-order chi connectivity index (χ0) is 14.9. The van der Waals surface area contributed by atoms with Gasteiger partial charge >= 0.3 is 0 Å². The van der Waals surface area contributed by atoms with Crippen molar-refractivity contribution >= 4 is 28.9 Å². The third-order valence-corrected chi connectivity index (χ3v) is 4.75. The van der Waals surface area contributed by atoms with Gasteiger partial charge in [-0.25, -0.2) is 0 Å². The number of nitrogen functional groups attached to an aromatic ring is 1. The molecule has 1 saturated carbocycles. The highest BCUT2D eigenvalue weighted by molar-refractivity contribution is 6.33. The third-order valence-electron chi connectivity index (χ3n) is 4.43. The summed E-state index contributed by atoms with van der Waals surface area (Å²) in [4.78, 5) is 12.5. The molecule has 3 nitrogen and oxygen atoms in total. The van der Waals surface area contributed by atoms with Crippen molar-refractivity contribution in [1.29, 1.82) is 0 Å². The number of amides is 1. The summed E-state index contributed by atoms with van der Waals surface area (Å²) in [5, 5.41) is 3.51. The fourth-order valence-corrected chi connectivity index (χ4v) is 3.20. The van der Waals surface area contributed by atoms with E-state index >= 15 is 0 Å². The van der Waals surface area contributed by atoms with Gasteiger partial charge in [-0.1, -0.05) is 38.3 Å². The van der Waals surface area contributed by atoms with Crippen LogP contribution in [0.15, 0.2) is 12.1 Å². The second kappa shape index (κ2) is 5.65. The van der Waals surface area contributed by atoms with Gasteiger partial charge in [0.1, 0.15) is 0 Å². The molecule has 0 spiro atoms. The summed E-state index contributed by atoms with van der Waals surface area (Å²) in [7, 11) is 0. The Morgan fingerprint density at radius 2 is 2.10 bits per heavy atom. The van der Waals surface area contributed by atoms with Crippen LogP contribution in [0, 0.1) is 18.3 Å².